The van der Waals surface area contributed by atoms with Gasteiger partial charge in [-0.1, -0.05) is 11.6 Å². The summed E-state index contributed by atoms with van der Waals surface area (Å²) in [4.78, 5) is 22.6. The van der Waals surface area contributed by atoms with Gasteiger partial charge in [-0.2, -0.15) is 0 Å². The molecule has 0 bridgehead atoms. The minimum absolute atomic E-state index is 0.0261. The molecular formula is C9H9ClN2O4. The van der Waals surface area contributed by atoms with Gasteiger partial charge in [0.1, 0.15) is 5.56 Å². The van der Waals surface area contributed by atoms with E-state index in [4.69, 9.17) is 11.6 Å². The number of phenols is 1. The number of aromatic hydroxyl groups is 1. The van der Waals surface area contributed by atoms with E-state index in [1.807, 2.05) is 0 Å². The van der Waals surface area contributed by atoms with Crippen LogP contribution in [0.5, 0.6) is 5.75 Å². The van der Waals surface area contributed by atoms with Crippen molar-refractivity contribution in [1.29, 1.82) is 0 Å². The lowest BCUT2D eigenvalue weighted by atomic mass is 10.1. The van der Waals surface area contributed by atoms with Crippen molar-refractivity contribution < 1.29 is 14.8 Å². The summed E-state index contributed by atoms with van der Waals surface area (Å²) in [6, 6.07) is 2.25. The summed E-state index contributed by atoms with van der Waals surface area (Å²) in [5, 5.41) is 20.1. The Labute approximate surface area is 96.2 Å². The fourth-order valence-electron chi connectivity index (χ4n) is 1.13. The zero-order chi connectivity index (χ0) is 12.5. The monoisotopic (exact) mass is 244 g/mol. The zero-order valence-corrected chi connectivity index (χ0v) is 9.35. The number of nitrogens with zero attached hydrogens (tertiary/aromatic N) is 2. The van der Waals surface area contributed by atoms with Crippen LogP contribution in [0.15, 0.2) is 12.1 Å². The Balaban J connectivity index is 3.43. The first-order valence-corrected chi connectivity index (χ1v) is 4.61. The van der Waals surface area contributed by atoms with E-state index in [-0.39, 0.29) is 10.6 Å². The predicted molar refractivity (Wildman–Crippen MR) is 57.8 cm³/mol. The molecule has 0 unspecified atom stereocenters. The van der Waals surface area contributed by atoms with E-state index in [1.165, 1.54) is 25.1 Å². The lowest BCUT2D eigenvalue weighted by Crippen LogP contribution is -2.22. The SMILES string of the molecule is CN(C)C(=O)c1c(Cl)ccc([N+](=O)[O-])c1O. The van der Waals surface area contributed by atoms with Gasteiger partial charge in [0.25, 0.3) is 5.91 Å². The van der Waals surface area contributed by atoms with E-state index >= 15 is 0 Å². The lowest BCUT2D eigenvalue weighted by Gasteiger charge is -2.12. The largest absolute Gasteiger partial charge is 0.501 e. The summed E-state index contributed by atoms with van der Waals surface area (Å²) >= 11 is 5.72. The topological polar surface area (TPSA) is 83.7 Å². The third kappa shape index (κ3) is 2.06. The van der Waals surface area contributed by atoms with Crippen molar-refractivity contribution in [2.75, 3.05) is 14.1 Å². The van der Waals surface area contributed by atoms with Crippen molar-refractivity contribution in [3.8, 4) is 5.75 Å². The van der Waals surface area contributed by atoms with Crippen molar-refractivity contribution in [3.05, 3.63) is 32.8 Å². The van der Waals surface area contributed by atoms with Crippen LogP contribution in [0.25, 0.3) is 0 Å². The molecule has 1 amide bonds. The summed E-state index contributed by atoms with van der Waals surface area (Å²) in [6.07, 6.45) is 0. The first-order valence-electron chi connectivity index (χ1n) is 4.23. The Morgan fingerprint density at radius 2 is 2.06 bits per heavy atom. The van der Waals surface area contributed by atoms with Gasteiger partial charge in [0.05, 0.1) is 9.95 Å². The van der Waals surface area contributed by atoms with Crippen molar-refractivity contribution in [3.63, 3.8) is 0 Å². The van der Waals surface area contributed by atoms with E-state index < -0.39 is 22.3 Å². The molecule has 0 saturated carbocycles. The summed E-state index contributed by atoms with van der Waals surface area (Å²) in [7, 11) is 2.91. The number of hydrogen-bond acceptors (Lipinski definition) is 4. The molecule has 7 heteroatoms. The first kappa shape index (κ1) is 12.3. The zero-order valence-electron chi connectivity index (χ0n) is 8.60. The highest BCUT2D eigenvalue weighted by Crippen LogP contribution is 2.35. The Kier molecular flexibility index (Phi) is 3.34. The van der Waals surface area contributed by atoms with Crippen LogP contribution < -0.4 is 0 Å². The average molecular weight is 245 g/mol. The molecule has 1 aromatic rings. The molecular weight excluding hydrogens is 236 g/mol. The molecule has 0 spiro atoms. The molecule has 0 fully saturated rings. The number of nitro benzene ring substituents is 1. The minimum atomic E-state index is -0.780. The summed E-state index contributed by atoms with van der Waals surface area (Å²) in [5.74, 6) is -1.30. The van der Waals surface area contributed by atoms with Gasteiger partial charge in [-0.25, -0.2) is 0 Å². The van der Waals surface area contributed by atoms with E-state index in [0.717, 1.165) is 6.07 Å². The number of hydrogen-bond donors (Lipinski definition) is 1. The van der Waals surface area contributed by atoms with Gasteiger partial charge in [0.2, 0.25) is 5.75 Å². The standard InChI is InChI=1S/C9H9ClN2O4/c1-11(2)9(14)7-5(10)3-4-6(8(7)13)12(15)16/h3-4,13H,1-2H3. The number of amides is 1. The van der Waals surface area contributed by atoms with Crippen molar-refractivity contribution in [1.82, 2.24) is 4.90 Å². The number of phenolic OH excluding ortho intramolecular Hbond substituents is 1. The van der Waals surface area contributed by atoms with Crippen LogP contribution in [0.1, 0.15) is 10.4 Å². The number of carbonyl (C=O) groups is 1. The van der Waals surface area contributed by atoms with Gasteiger partial charge in [-0.3, -0.25) is 14.9 Å². The first-order chi connectivity index (χ1) is 7.36. The smallest absolute Gasteiger partial charge is 0.311 e. The summed E-state index contributed by atoms with van der Waals surface area (Å²) < 4.78 is 0. The second kappa shape index (κ2) is 4.36. The molecule has 0 saturated heterocycles. The summed E-state index contributed by atoms with van der Waals surface area (Å²) in [5.41, 5.74) is -0.810. The van der Waals surface area contributed by atoms with Crippen LogP contribution in [-0.4, -0.2) is 34.9 Å². The fourth-order valence-corrected chi connectivity index (χ4v) is 1.36. The number of rotatable bonds is 2. The lowest BCUT2D eigenvalue weighted by molar-refractivity contribution is -0.385. The molecule has 1 N–H and O–H groups in total. The summed E-state index contributed by atoms with van der Waals surface area (Å²) in [6.45, 7) is 0. The molecule has 16 heavy (non-hydrogen) atoms. The van der Waals surface area contributed by atoms with Gasteiger partial charge >= 0.3 is 5.69 Å². The van der Waals surface area contributed by atoms with E-state index in [1.54, 1.807) is 0 Å². The maximum absolute atomic E-state index is 11.6. The van der Waals surface area contributed by atoms with Crippen molar-refractivity contribution >= 4 is 23.2 Å². The van der Waals surface area contributed by atoms with Gasteiger partial charge in [0.15, 0.2) is 0 Å². The molecule has 0 aliphatic rings. The van der Waals surface area contributed by atoms with Crippen LogP contribution in [0.2, 0.25) is 5.02 Å². The molecule has 6 nitrogen and oxygen atoms in total. The minimum Gasteiger partial charge on any atom is -0.501 e. The van der Waals surface area contributed by atoms with Crippen LogP contribution >= 0.6 is 11.6 Å². The third-order valence-corrected chi connectivity index (χ3v) is 2.24. The van der Waals surface area contributed by atoms with Gasteiger partial charge in [-0.05, 0) is 6.07 Å². The predicted octanol–water partition coefficient (Wildman–Crippen LogP) is 1.66. The van der Waals surface area contributed by atoms with Crippen molar-refractivity contribution in [2.45, 2.75) is 0 Å². The second-order valence-electron chi connectivity index (χ2n) is 3.25. The van der Waals surface area contributed by atoms with Gasteiger partial charge in [0, 0.05) is 20.2 Å². The average Bonchev–Trinajstić information content (AvgIpc) is 2.16. The second-order valence-corrected chi connectivity index (χ2v) is 3.65. The Morgan fingerprint density at radius 1 is 1.50 bits per heavy atom. The number of carbonyl (C=O) groups excluding carboxylic acids is 1. The van der Waals surface area contributed by atoms with Gasteiger partial charge in [-0.15, -0.1) is 0 Å². The molecule has 0 aliphatic carbocycles. The fraction of sp³-hybridized carbons (Fsp3) is 0.222. The normalized spacial score (nSPS) is 9.94. The molecule has 86 valence electrons. The molecule has 0 heterocycles. The third-order valence-electron chi connectivity index (χ3n) is 1.92. The highest BCUT2D eigenvalue weighted by molar-refractivity contribution is 6.34. The molecule has 1 aromatic carbocycles. The van der Waals surface area contributed by atoms with Gasteiger partial charge < -0.3 is 10.0 Å². The molecule has 0 aliphatic heterocycles. The number of benzene rings is 1. The van der Waals surface area contributed by atoms with Crippen LogP contribution in [-0.2, 0) is 0 Å². The highest BCUT2D eigenvalue weighted by Gasteiger charge is 2.25. The number of halogens is 1. The number of nitro groups is 1. The van der Waals surface area contributed by atoms with E-state index in [2.05, 4.69) is 0 Å². The highest BCUT2D eigenvalue weighted by atomic mass is 35.5. The Morgan fingerprint density at radius 3 is 2.50 bits per heavy atom. The maximum atomic E-state index is 11.6. The molecule has 0 radical (unpaired) electrons. The Bertz CT molecular complexity index is 459. The van der Waals surface area contributed by atoms with E-state index in [9.17, 15) is 20.0 Å². The van der Waals surface area contributed by atoms with E-state index in [0.29, 0.717) is 0 Å². The molecule has 1 rings (SSSR count). The van der Waals surface area contributed by atoms with Crippen LogP contribution in [0.3, 0.4) is 0 Å². The quantitative estimate of drug-likeness (QED) is 0.633. The Hall–Kier alpha value is -1.82. The maximum Gasteiger partial charge on any atom is 0.311 e. The molecule has 0 aromatic heterocycles. The molecule has 0 atom stereocenters. The van der Waals surface area contributed by atoms with Crippen LogP contribution in [0, 0.1) is 10.1 Å². The van der Waals surface area contributed by atoms with Crippen molar-refractivity contribution in [2.24, 2.45) is 0 Å². The van der Waals surface area contributed by atoms with Crippen LogP contribution in [0.4, 0.5) is 5.69 Å².